The van der Waals surface area contributed by atoms with Gasteiger partial charge in [0.2, 0.25) is 0 Å². The number of nitrogens with zero attached hydrogens (tertiary/aromatic N) is 16. The number of ether oxygens (including phenoxy) is 1. The summed E-state index contributed by atoms with van der Waals surface area (Å²) < 4.78 is 58.4. The van der Waals surface area contributed by atoms with Gasteiger partial charge in [0.15, 0.2) is 46.4 Å². The lowest BCUT2D eigenvalue weighted by atomic mass is 9.92. The number of anilines is 12. The topological polar surface area (TPSA) is 323 Å². The largest absolute Gasteiger partial charge is 0.378 e. The maximum atomic E-state index is 13.2. The molecule has 17 heterocycles. The second-order valence-corrected chi connectivity index (χ2v) is 31.8. The molecule has 5 saturated heterocycles. The lowest BCUT2D eigenvalue weighted by Crippen LogP contribution is -2.48. The number of ketones is 4. The third-order valence-electron chi connectivity index (χ3n) is 23.6. The van der Waals surface area contributed by atoms with E-state index in [0.717, 1.165) is 114 Å². The van der Waals surface area contributed by atoms with Crippen LogP contribution in [-0.4, -0.2) is 188 Å². The van der Waals surface area contributed by atoms with Gasteiger partial charge in [0.05, 0.1) is 53.0 Å². The van der Waals surface area contributed by atoms with Crippen LogP contribution in [0.2, 0.25) is 0 Å². The van der Waals surface area contributed by atoms with E-state index in [1.165, 1.54) is 0 Å². The molecule has 4 N–H and O–H groups in total. The monoisotopic (exact) mass is 1600 g/mol. The number of carbonyl (C=O) groups is 8. The molecular weight excluding hydrogens is 1510 g/mol. The summed E-state index contributed by atoms with van der Waals surface area (Å²) in [6.45, 7) is 13.4. The van der Waals surface area contributed by atoms with Gasteiger partial charge in [-0.25, -0.2) is 76.6 Å². The Morgan fingerprint density at radius 2 is 0.726 bits per heavy atom. The van der Waals surface area contributed by atoms with Crippen molar-refractivity contribution in [3.05, 3.63) is 169 Å². The predicted octanol–water partition coefficient (Wildman–Crippen LogP) is 13.9. The number of amides is 8. The van der Waals surface area contributed by atoms with Crippen molar-refractivity contribution in [3.8, 4) is 0 Å². The van der Waals surface area contributed by atoms with E-state index < -0.39 is 35.2 Å². The van der Waals surface area contributed by atoms with Gasteiger partial charge >= 0.3 is 24.1 Å². The highest BCUT2D eigenvalue weighted by Gasteiger charge is 2.58. The van der Waals surface area contributed by atoms with E-state index in [9.17, 15) is 55.9 Å². The summed E-state index contributed by atoms with van der Waals surface area (Å²) >= 11 is 0. The number of hydrogen-bond acceptors (Lipinski definition) is 21. The zero-order valence-corrected chi connectivity index (χ0v) is 65.0. The number of hydrogen-bond donors (Lipinski definition) is 4. The Kier molecular flexibility index (Phi) is 22.3. The number of nitrogens with one attached hydrogen (secondary N) is 4. The molecule has 8 aromatic rings. The Hall–Kier alpha value is -12.2. The molecule has 0 spiro atoms. The van der Waals surface area contributed by atoms with E-state index in [-0.39, 0.29) is 109 Å². The SMILES string of the molecule is CC(C)[C@@H](C)CC(=O)c1ccc2c(n1)N(C(=O)Nc1ccccn1)[C@H]1CCN2C1.O=C(CC[C@H]1CCCO1)c1ccc2c(n1)N(C(=O)Nc1ccccn1)[C@H]1CCN2C1.O=C(C[C@@H]1CC1(F)F)c1ccc2c(n1)N(C(=O)Nc1ccccn1)[C@H]1CCN2C1.O=C(C[C@@H]1CC1(F)F)c1ccc2c(n1)N(C(=O)Nc1ccccn1)[C@H]1CCN2C1. The van der Waals surface area contributed by atoms with Crippen molar-refractivity contribution >= 4 is 117 Å². The number of pyridine rings is 8. The highest BCUT2D eigenvalue weighted by molar-refractivity contribution is 6.09. The van der Waals surface area contributed by atoms with Gasteiger partial charge in [0, 0.05) is 134 Å². The molecule has 2 saturated carbocycles. The van der Waals surface area contributed by atoms with Crippen LogP contribution >= 0.6 is 0 Å². The molecule has 2 aliphatic carbocycles. The van der Waals surface area contributed by atoms with Crippen LogP contribution in [-0.2, 0) is 4.74 Å². The average Bonchev–Trinajstić information content (AvgIpc) is 1.64. The van der Waals surface area contributed by atoms with Crippen molar-refractivity contribution < 1.29 is 60.7 Å². The second-order valence-electron chi connectivity index (χ2n) is 31.8. The molecule has 117 heavy (non-hydrogen) atoms. The van der Waals surface area contributed by atoms with Crippen molar-refractivity contribution in [2.24, 2.45) is 23.7 Å². The summed E-state index contributed by atoms with van der Waals surface area (Å²) in [5, 5.41) is 11.3. The fourth-order valence-corrected chi connectivity index (χ4v) is 16.5. The van der Waals surface area contributed by atoms with E-state index >= 15 is 0 Å². The predicted molar refractivity (Wildman–Crippen MR) is 432 cm³/mol. The van der Waals surface area contributed by atoms with Crippen LogP contribution in [0.15, 0.2) is 146 Å². The lowest BCUT2D eigenvalue weighted by Gasteiger charge is -2.35. The highest BCUT2D eigenvalue weighted by Crippen LogP contribution is 2.53. The van der Waals surface area contributed by atoms with Gasteiger partial charge in [-0.15, -0.1) is 0 Å². The molecule has 8 atom stereocenters. The summed E-state index contributed by atoms with van der Waals surface area (Å²) in [7, 11) is 0. The molecule has 0 radical (unpaired) electrons. The van der Waals surface area contributed by atoms with Crippen molar-refractivity contribution in [2.45, 2.75) is 146 Å². The maximum absolute atomic E-state index is 13.2. The van der Waals surface area contributed by atoms with Crippen molar-refractivity contribution in [3.63, 3.8) is 0 Å². The number of alkyl halides is 4. The van der Waals surface area contributed by atoms with Crippen LogP contribution in [0.4, 0.5) is 106 Å². The molecule has 8 bridgehead atoms. The lowest BCUT2D eigenvalue weighted by molar-refractivity contribution is 0.0830. The fourth-order valence-electron chi connectivity index (χ4n) is 16.5. The van der Waals surface area contributed by atoms with Crippen molar-refractivity contribution in [1.29, 1.82) is 0 Å². The zero-order valence-electron chi connectivity index (χ0n) is 65.0. The molecule has 11 aliphatic rings. The molecule has 8 aromatic heterocycles. The van der Waals surface area contributed by atoms with Gasteiger partial charge in [-0.3, -0.25) is 60.0 Å². The van der Waals surface area contributed by atoms with Gasteiger partial charge in [-0.1, -0.05) is 45.0 Å². The van der Waals surface area contributed by atoms with Crippen LogP contribution in [0.25, 0.3) is 0 Å². The first-order chi connectivity index (χ1) is 56.5. The minimum absolute atomic E-state index is 0.00805. The van der Waals surface area contributed by atoms with Crippen LogP contribution in [0, 0.1) is 23.7 Å². The normalized spacial score (nSPS) is 21.9. The number of halogens is 4. The molecule has 8 amide bonds. The number of rotatable bonds is 18. The van der Waals surface area contributed by atoms with Gasteiger partial charge in [-0.2, -0.15) is 0 Å². The summed E-state index contributed by atoms with van der Waals surface area (Å²) in [5.74, 6) is -3.70. The van der Waals surface area contributed by atoms with E-state index in [1.54, 1.807) is 141 Å². The first-order valence-corrected chi connectivity index (χ1v) is 40.1. The zero-order chi connectivity index (χ0) is 81.4. The van der Waals surface area contributed by atoms with Gasteiger partial charge in [-0.05, 0) is 154 Å². The van der Waals surface area contributed by atoms with Gasteiger partial charge < -0.3 is 24.3 Å². The molecule has 0 unspecified atom stereocenters. The highest BCUT2D eigenvalue weighted by atomic mass is 19.3. The summed E-state index contributed by atoms with van der Waals surface area (Å²) in [6, 6.07) is 33.9. The van der Waals surface area contributed by atoms with Crippen molar-refractivity contribution in [1.82, 2.24) is 39.9 Å². The third kappa shape index (κ3) is 17.3. The first kappa shape index (κ1) is 78.7. The minimum Gasteiger partial charge on any atom is -0.378 e. The molecule has 9 aliphatic heterocycles. The summed E-state index contributed by atoms with van der Waals surface area (Å²) in [5.41, 5.74) is 4.40. The molecular formula is C84H90F4N20O9. The number of urea groups is 4. The second kappa shape index (κ2) is 33.2. The van der Waals surface area contributed by atoms with Crippen molar-refractivity contribution in [2.75, 3.05) is 119 Å². The number of aromatic nitrogens is 8. The van der Waals surface area contributed by atoms with Crippen LogP contribution < -0.4 is 60.5 Å². The Balaban J connectivity index is 0.000000117. The minimum atomic E-state index is -2.75. The van der Waals surface area contributed by atoms with E-state index in [2.05, 4.69) is 102 Å². The first-order valence-electron chi connectivity index (χ1n) is 40.1. The molecule has 33 heteroatoms. The van der Waals surface area contributed by atoms with Crippen LogP contribution in [0.3, 0.4) is 0 Å². The molecule has 7 fully saturated rings. The number of carbonyl (C=O) groups excluding carboxylic acids is 8. The average molecular weight is 1600 g/mol. The molecule has 19 rings (SSSR count). The van der Waals surface area contributed by atoms with E-state index in [4.69, 9.17) is 4.74 Å². The van der Waals surface area contributed by atoms with E-state index in [1.807, 2.05) is 24.3 Å². The van der Waals surface area contributed by atoms with Crippen LogP contribution in [0.5, 0.6) is 0 Å². The van der Waals surface area contributed by atoms with Gasteiger partial charge in [0.25, 0.3) is 11.8 Å². The van der Waals surface area contributed by atoms with Crippen LogP contribution in [0.1, 0.15) is 146 Å². The Morgan fingerprint density at radius 1 is 0.419 bits per heavy atom. The fraction of sp³-hybridized carbons (Fsp3) is 0.429. The Bertz CT molecular complexity index is 4730. The number of fused-ring (bicyclic) bond motifs is 16. The quantitative estimate of drug-likeness (QED) is 0.0458. The van der Waals surface area contributed by atoms with Gasteiger partial charge in [0.1, 0.15) is 46.0 Å². The Morgan fingerprint density at radius 3 is 1.00 bits per heavy atom. The Labute approximate surface area is 672 Å². The summed E-state index contributed by atoms with van der Waals surface area (Å²) in [4.78, 5) is 153. The summed E-state index contributed by atoms with van der Waals surface area (Å²) in [6.07, 6.45) is 12.6. The smallest absolute Gasteiger partial charge is 0.329 e. The molecule has 608 valence electrons. The third-order valence-corrected chi connectivity index (χ3v) is 23.6. The number of Topliss-reactive ketones (excluding diaryl/α,β-unsaturated/α-hetero) is 4. The maximum Gasteiger partial charge on any atom is 0.329 e. The van der Waals surface area contributed by atoms with E-state index in [0.29, 0.717) is 89.8 Å². The molecule has 29 nitrogen and oxygen atoms in total. The molecule has 0 aromatic carbocycles. The standard InChI is InChI=1S/C22H25N5O3.C22H27N5O2.2C20H19F2N5O2/c28-19(9-6-16-4-3-13-30-16)17-7-8-18-21(24-17)27(15-10-12-26(18)14-15)22(29)25-20-5-1-2-11-23-20;1-14(2)15(3)12-19(28)17-7-8-18-21(24-17)27(16-9-11-26(18)13-16)22(29)25-20-6-4-5-10-23-20;2*21-20(22)10-12(20)9-16(28)14-4-5-15-18(24-14)27(13-6-8-26(15)11-13)19(29)25-17-3-1-2-7-23-17/h1-2,5,7-8,11,15-16H,3-4,6,9-10,12-14H2,(H,23,25,29);4-8,10,14-16H,9,11-13H2,1-3H3,(H,23,25,29);2*1-5,7,12-13H,6,8-11H2,(H,23,25,29)/t15-,16+;15-,16-;2*12-,13+/m0011/s1.